The van der Waals surface area contributed by atoms with Crippen molar-refractivity contribution in [2.75, 3.05) is 23.8 Å². The third-order valence-electron chi connectivity index (χ3n) is 6.48. The van der Waals surface area contributed by atoms with Crippen LogP contribution >= 0.6 is 0 Å². The second kappa shape index (κ2) is 11.8. The number of benzene rings is 3. The summed E-state index contributed by atoms with van der Waals surface area (Å²) in [5.74, 6) is 0. The molecule has 0 radical (unpaired) electrons. The van der Waals surface area contributed by atoms with Crippen molar-refractivity contribution in [3.63, 3.8) is 0 Å². The Morgan fingerprint density at radius 1 is 0.868 bits per heavy atom. The average Bonchev–Trinajstić information content (AvgIpc) is 3.46. The zero-order valence-electron chi connectivity index (χ0n) is 23.1. The standard InChI is InChI=1S/C30H31N3O3.C2H6/c1-19-9-11-21(30(2,3)4)17-27(19)33-29(34)32-25-14-12-22(23-7-5-6-8-24(23)25)20-10-13-26(31-18-20)28-35-15-16-36-28;1-2/h5-14,17-18,28H,15-16H2,1-4H3,(H2,32,33,34);1-2H3. The number of aryl methyl sites for hydroxylation is 1. The lowest BCUT2D eigenvalue weighted by molar-refractivity contribution is -0.0472. The molecule has 1 aliphatic rings. The predicted octanol–water partition coefficient (Wildman–Crippen LogP) is 8.22. The van der Waals surface area contributed by atoms with Gasteiger partial charge >= 0.3 is 6.03 Å². The van der Waals surface area contributed by atoms with Gasteiger partial charge in [0.1, 0.15) is 0 Å². The molecule has 3 aromatic carbocycles. The van der Waals surface area contributed by atoms with Gasteiger partial charge in [-0.1, -0.05) is 83.1 Å². The van der Waals surface area contributed by atoms with E-state index in [0.717, 1.165) is 44.5 Å². The van der Waals surface area contributed by atoms with Crippen molar-refractivity contribution in [1.82, 2.24) is 4.98 Å². The highest BCUT2D eigenvalue weighted by Crippen LogP contribution is 2.34. The molecular formula is C32H37N3O3. The molecule has 6 heteroatoms. The van der Waals surface area contributed by atoms with Crippen molar-refractivity contribution in [1.29, 1.82) is 0 Å². The Kier molecular flexibility index (Phi) is 8.45. The van der Waals surface area contributed by atoms with Crippen LogP contribution in [-0.2, 0) is 14.9 Å². The van der Waals surface area contributed by atoms with E-state index in [1.54, 1.807) is 0 Å². The fourth-order valence-electron chi connectivity index (χ4n) is 4.39. The van der Waals surface area contributed by atoms with Crippen molar-refractivity contribution in [3.8, 4) is 11.1 Å². The summed E-state index contributed by atoms with van der Waals surface area (Å²) in [5.41, 5.74) is 6.52. The van der Waals surface area contributed by atoms with Crippen LogP contribution in [0, 0.1) is 6.92 Å². The molecule has 2 N–H and O–H groups in total. The monoisotopic (exact) mass is 511 g/mol. The van der Waals surface area contributed by atoms with Crippen LogP contribution < -0.4 is 10.6 Å². The number of carbonyl (C=O) groups is 1. The van der Waals surface area contributed by atoms with Crippen LogP contribution in [0.15, 0.2) is 72.9 Å². The second-order valence-electron chi connectivity index (χ2n) is 10.1. The van der Waals surface area contributed by atoms with Crippen molar-refractivity contribution in [2.45, 2.75) is 53.2 Å². The van der Waals surface area contributed by atoms with Gasteiger partial charge in [0.15, 0.2) is 0 Å². The lowest BCUT2D eigenvalue weighted by Gasteiger charge is -2.21. The van der Waals surface area contributed by atoms with Crippen LogP contribution in [0.5, 0.6) is 0 Å². The van der Waals surface area contributed by atoms with Gasteiger partial charge < -0.3 is 20.1 Å². The number of nitrogens with one attached hydrogen (secondary N) is 2. The zero-order chi connectivity index (χ0) is 27.3. The molecule has 4 aromatic rings. The minimum atomic E-state index is -0.395. The minimum Gasteiger partial charge on any atom is -0.345 e. The number of anilines is 2. The average molecular weight is 512 g/mol. The molecule has 0 atom stereocenters. The number of hydrogen-bond donors (Lipinski definition) is 2. The van der Waals surface area contributed by atoms with Gasteiger partial charge in [-0.15, -0.1) is 0 Å². The Morgan fingerprint density at radius 2 is 1.55 bits per heavy atom. The van der Waals surface area contributed by atoms with E-state index < -0.39 is 6.29 Å². The first kappa shape index (κ1) is 27.3. The SMILES string of the molecule is CC.Cc1ccc(C(C)(C)C)cc1NC(=O)Nc1ccc(-c2ccc(C3OCCO3)nc2)c2ccccc12. The van der Waals surface area contributed by atoms with Gasteiger partial charge in [0.25, 0.3) is 0 Å². The van der Waals surface area contributed by atoms with Gasteiger partial charge in [-0.25, -0.2) is 4.79 Å². The van der Waals surface area contributed by atoms with Crippen LogP contribution in [0.1, 0.15) is 57.7 Å². The predicted molar refractivity (Wildman–Crippen MR) is 156 cm³/mol. The summed E-state index contributed by atoms with van der Waals surface area (Å²) in [6, 6.07) is 21.9. The van der Waals surface area contributed by atoms with Gasteiger partial charge in [-0.3, -0.25) is 4.98 Å². The number of nitrogens with zero attached hydrogens (tertiary/aromatic N) is 1. The van der Waals surface area contributed by atoms with E-state index in [1.165, 1.54) is 5.56 Å². The maximum absolute atomic E-state index is 13.0. The summed E-state index contributed by atoms with van der Waals surface area (Å²) in [6.07, 6.45) is 1.45. The minimum absolute atomic E-state index is 0.00313. The summed E-state index contributed by atoms with van der Waals surface area (Å²) in [5, 5.41) is 8.06. The van der Waals surface area contributed by atoms with Gasteiger partial charge in [0, 0.05) is 22.8 Å². The molecule has 0 aliphatic carbocycles. The normalized spacial score (nSPS) is 13.6. The van der Waals surface area contributed by atoms with E-state index in [9.17, 15) is 4.79 Å². The summed E-state index contributed by atoms with van der Waals surface area (Å²) < 4.78 is 11.1. The largest absolute Gasteiger partial charge is 0.345 e. The third kappa shape index (κ3) is 6.04. The van der Waals surface area contributed by atoms with Crippen LogP contribution in [0.4, 0.5) is 16.2 Å². The molecule has 1 saturated heterocycles. The third-order valence-corrected chi connectivity index (χ3v) is 6.48. The first-order valence-electron chi connectivity index (χ1n) is 13.2. The molecular weight excluding hydrogens is 474 g/mol. The van der Waals surface area contributed by atoms with Crippen molar-refractivity contribution < 1.29 is 14.3 Å². The van der Waals surface area contributed by atoms with E-state index in [4.69, 9.17) is 9.47 Å². The van der Waals surface area contributed by atoms with Crippen molar-refractivity contribution >= 4 is 28.2 Å². The number of urea groups is 1. The number of aromatic nitrogens is 1. The van der Waals surface area contributed by atoms with Crippen molar-refractivity contribution in [2.24, 2.45) is 0 Å². The Labute approximate surface area is 225 Å². The molecule has 1 fully saturated rings. The molecule has 1 aromatic heterocycles. The van der Waals surface area contributed by atoms with Crippen LogP contribution in [0.2, 0.25) is 0 Å². The molecule has 0 unspecified atom stereocenters. The molecule has 2 heterocycles. The fraction of sp³-hybridized carbons (Fsp3) is 0.312. The quantitative estimate of drug-likeness (QED) is 0.289. The van der Waals surface area contributed by atoms with Gasteiger partial charge in [0.2, 0.25) is 6.29 Å². The highest BCUT2D eigenvalue weighted by Gasteiger charge is 2.20. The highest BCUT2D eigenvalue weighted by molar-refractivity contribution is 6.09. The molecule has 6 nitrogen and oxygen atoms in total. The van der Waals surface area contributed by atoms with Gasteiger partial charge in [-0.2, -0.15) is 0 Å². The maximum Gasteiger partial charge on any atom is 0.323 e. The Bertz CT molecular complexity index is 1400. The van der Waals surface area contributed by atoms with E-state index in [0.29, 0.717) is 13.2 Å². The number of amides is 2. The molecule has 0 saturated carbocycles. The Balaban J connectivity index is 0.00000164. The topological polar surface area (TPSA) is 72.5 Å². The van der Waals surface area contributed by atoms with Gasteiger partial charge in [0.05, 0.1) is 24.6 Å². The Morgan fingerprint density at radius 3 is 2.21 bits per heavy atom. The lowest BCUT2D eigenvalue weighted by Crippen LogP contribution is -2.21. The molecule has 38 heavy (non-hydrogen) atoms. The Hall–Kier alpha value is -3.74. The molecule has 5 rings (SSSR count). The van der Waals surface area contributed by atoms with Crippen LogP contribution in [0.3, 0.4) is 0 Å². The summed E-state index contributed by atoms with van der Waals surface area (Å²) in [4.78, 5) is 17.6. The number of pyridine rings is 1. The molecule has 198 valence electrons. The first-order chi connectivity index (χ1) is 18.3. The highest BCUT2D eigenvalue weighted by atomic mass is 16.7. The second-order valence-corrected chi connectivity index (χ2v) is 10.1. The van der Waals surface area contributed by atoms with E-state index in [-0.39, 0.29) is 11.4 Å². The number of fused-ring (bicyclic) bond motifs is 1. The molecule has 0 spiro atoms. The number of carbonyl (C=O) groups excluding carboxylic acids is 1. The van der Waals surface area contributed by atoms with E-state index in [2.05, 4.69) is 54.6 Å². The van der Waals surface area contributed by atoms with Crippen molar-refractivity contribution in [3.05, 3.63) is 89.7 Å². The number of rotatable bonds is 4. The summed E-state index contributed by atoms with van der Waals surface area (Å²) >= 11 is 0. The summed E-state index contributed by atoms with van der Waals surface area (Å²) in [7, 11) is 0. The smallest absolute Gasteiger partial charge is 0.323 e. The lowest BCUT2D eigenvalue weighted by atomic mass is 9.86. The molecule has 1 aliphatic heterocycles. The van der Waals surface area contributed by atoms with E-state index in [1.807, 2.05) is 75.5 Å². The molecule has 0 bridgehead atoms. The molecule has 2 amide bonds. The summed E-state index contributed by atoms with van der Waals surface area (Å²) in [6.45, 7) is 13.7. The van der Waals surface area contributed by atoms with Crippen LogP contribution in [0.25, 0.3) is 21.9 Å². The van der Waals surface area contributed by atoms with Crippen LogP contribution in [-0.4, -0.2) is 24.2 Å². The maximum atomic E-state index is 13.0. The van der Waals surface area contributed by atoms with E-state index >= 15 is 0 Å². The number of ether oxygens (including phenoxy) is 2. The first-order valence-corrected chi connectivity index (χ1v) is 13.2. The fourth-order valence-corrected chi connectivity index (χ4v) is 4.39. The van der Waals surface area contributed by atoms with Gasteiger partial charge in [-0.05, 0) is 52.6 Å². The number of hydrogen-bond acceptors (Lipinski definition) is 4. The zero-order valence-corrected chi connectivity index (χ0v) is 23.1.